The molecule has 1 unspecified atom stereocenters. The molecule has 1 aliphatic heterocycles. The summed E-state index contributed by atoms with van der Waals surface area (Å²) in [5.74, 6) is 2.57. The Bertz CT molecular complexity index is 560. The maximum Gasteiger partial charge on any atom is 0.252 e. The van der Waals surface area contributed by atoms with E-state index in [4.69, 9.17) is 0 Å². The highest BCUT2D eigenvalue weighted by Gasteiger charge is 2.35. The lowest BCUT2D eigenvalue weighted by molar-refractivity contribution is -0.145. The first kappa shape index (κ1) is 14.2. The largest absolute Gasteiger partial charge is 0.383 e. The van der Waals surface area contributed by atoms with Crippen LogP contribution >= 0.6 is 0 Å². The molecule has 4 rings (SSSR count). The second kappa shape index (κ2) is 5.65. The van der Waals surface area contributed by atoms with E-state index in [2.05, 4.69) is 14.8 Å². The molecule has 0 radical (unpaired) electrons. The number of aliphatic hydroxyl groups is 1. The number of fused-ring (bicyclic) bond motifs is 1. The summed E-state index contributed by atoms with van der Waals surface area (Å²) in [5, 5.41) is 19.0. The topological polar surface area (TPSA) is 71.2 Å². The van der Waals surface area contributed by atoms with Gasteiger partial charge in [-0.25, -0.2) is 0 Å². The molecule has 0 aromatic carbocycles. The summed E-state index contributed by atoms with van der Waals surface area (Å²) in [6, 6.07) is 0. The second-order valence-corrected chi connectivity index (χ2v) is 7.00. The fraction of sp³-hybridized carbons (Fsp3) is 0.812. The summed E-state index contributed by atoms with van der Waals surface area (Å²) >= 11 is 0. The van der Waals surface area contributed by atoms with Gasteiger partial charge in [-0.2, -0.15) is 0 Å². The average molecular weight is 304 g/mol. The average Bonchev–Trinajstić information content (AvgIpc) is 3.33. The number of nitrogens with zero attached hydrogens (tertiary/aromatic N) is 4. The number of aliphatic hydroxyl groups excluding tert-OH is 1. The van der Waals surface area contributed by atoms with E-state index >= 15 is 0 Å². The number of rotatable bonds is 3. The van der Waals surface area contributed by atoms with Crippen molar-refractivity contribution in [3.8, 4) is 0 Å². The van der Waals surface area contributed by atoms with Gasteiger partial charge in [0.05, 0.1) is 6.54 Å². The van der Waals surface area contributed by atoms with Crippen molar-refractivity contribution in [2.45, 2.75) is 70.1 Å². The van der Waals surface area contributed by atoms with Gasteiger partial charge in [0, 0.05) is 19.0 Å². The predicted octanol–water partition coefficient (Wildman–Crippen LogP) is 1.44. The SMILES string of the molecule is O=C(C(O)C1CCCCC1)N1CCn2c(nnc2C2CC2)C1. The summed E-state index contributed by atoms with van der Waals surface area (Å²) in [5.41, 5.74) is 0. The molecule has 22 heavy (non-hydrogen) atoms. The van der Waals surface area contributed by atoms with Crippen LogP contribution in [0.2, 0.25) is 0 Å². The molecular weight excluding hydrogens is 280 g/mol. The zero-order chi connectivity index (χ0) is 15.1. The maximum absolute atomic E-state index is 12.6. The quantitative estimate of drug-likeness (QED) is 0.917. The molecule has 1 amide bonds. The lowest BCUT2D eigenvalue weighted by atomic mass is 9.85. The summed E-state index contributed by atoms with van der Waals surface area (Å²) in [4.78, 5) is 14.3. The zero-order valence-corrected chi connectivity index (χ0v) is 12.9. The number of hydrogen-bond donors (Lipinski definition) is 1. The Morgan fingerprint density at radius 1 is 1.09 bits per heavy atom. The van der Waals surface area contributed by atoms with E-state index in [1.165, 1.54) is 19.3 Å². The minimum atomic E-state index is -0.835. The number of amides is 1. The van der Waals surface area contributed by atoms with Crippen molar-refractivity contribution >= 4 is 5.91 Å². The highest BCUT2D eigenvalue weighted by Crippen LogP contribution is 2.39. The maximum atomic E-state index is 12.6. The summed E-state index contributed by atoms with van der Waals surface area (Å²) in [6.07, 6.45) is 7.03. The molecular formula is C16H24N4O2. The molecule has 6 heteroatoms. The molecule has 6 nitrogen and oxygen atoms in total. The van der Waals surface area contributed by atoms with Gasteiger partial charge in [0.2, 0.25) is 0 Å². The van der Waals surface area contributed by atoms with E-state index in [9.17, 15) is 9.90 Å². The second-order valence-electron chi connectivity index (χ2n) is 7.00. The van der Waals surface area contributed by atoms with E-state index in [-0.39, 0.29) is 11.8 Å². The number of hydrogen-bond acceptors (Lipinski definition) is 4. The van der Waals surface area contributed by atoms with E-state index in [1.807, 2.05) is 0 Å². The molecule has 2 heterocycles. The van der Waals surface area contributed by atoms with Crippen LogP contribution in [-0.2, 0) is 17.9 Å². The van der Waals surface area contributed by atoms with Crippen LogP contribution in [0.4, 0.5) is 0 Å². The Morgan fingerprint density at radius 2 is 1.86 bits per heavy atom. The first-order valence-corrected chi connectivity index (χ1v) is 8.63. The van der Waals surface area contributed by atoms with E-state index in [0.717, 1.165) is 43.9 Å². The minimum absolute atomic E-state index is 0.117. The van der Waals surface area contributed by atoms with Crippen molar-refractivity contribution in [3.63, 3.8) is 0 Å². The monoisotopic (exact) mass is 304 g/mol. The number of carbonyl (C=O) groups excluding carboxylic acids is 1. The van der Waals surface area contributed by atoms with Crippen LogP contribution in [0.3, 0.4) is 0 Å². The highest BCUT2D eigenvalue weighted by atomic mass is 16.3. The van der Waals surface area contributed by atoms with Crippen LogP contribution in [0.5, 0.6) is 0 Å². The van der Waals surface area contributed by atoms with Crippen molar-refractivity contribution < 1.29 is 9.90 Å². The van der Waals surface area contributed by atoms with Gasteiger partial charge in [0.15, 0.2) is 5.82 Å². The molecule has 1 atom stereocenters. The smallest absolute Gasteiger partial charge is 0.252 e. The van der Waals surface area contributed by atoms with Gasteiger partial charge >= 0.3 is 0 Å². The van der Waals surface area contributed by atoms with Gasteiger partial charge in [0.25, 0.3) is 5.91 Å². The Morgan fingerprint density at radius 3 is 2.59 bits per heavy atom. The predicted molar refractivity (Wildman–Crippen MR) is 80.0 cm³/mol. The fourth-order valence-electron chi connectivity index (χ4n) is 3.85. The molecule has 1 N–H and O–H groups in total. The molecule has 2 aliphatic carbocycles. The third-order valence-corrected chi connectivity index (χ3v) is 5.39. The Kier molecular flexibility index (Phi) is 3.64. The van der Waals surface area contributed by atoms with E-state index < -0.39 is 6.10 Å². The summed E-state index contributed by atoms with van der Waals surface area (Å²) in [7, 11) is 0. The first-order valence-electron chi connectivity index (χ1n) is 8.63. The molecule has 3 aliphatic rings. The number of carbonyl (C=O) groups is 1. The van der Waals surface area contributed by atoms with Gasteiger partial charge < -0.3 is 14.6 Å². The van der Waals surface area contributed by atoms with E-state index in [0.29, 0.717) is 19.0 Å². The van der Waals surface area contributed by atoms with E-state index in [1.54, 1.807) is 4.90 Å². The van der Waals surface area contributed by atoms with Crippen LogP contribution in [0.25, 0.3) is 0 Å². The molecule has 0 saturated heterocycles. The number of aromatic nitrogens is 3. The van der Waals surface area contributed by atoms with Crippen LogP contribution in [0.1, 0.15) is 62.5 Å². The Balaban J connectivity index is 1.43. The molecule has 120 valence electrons. The lowest BCUT2D eigenvalue weighted by Gasteiger charge is -2.33. The highest BCUT2D eigenvalue weighted by molar-refractivity contribution is 5.81. The van der Waals surface area contributed by atoms with Crippen LogP contribution in [0, 0.1) is 5.92 Å². The summed E-state index contributed by atoms with van der Waals surface area (Å²) < 4.78 is 2.18. The van der Waals surface area contributed by atoms with Crippen molar-refractivity contribution in [1.82, 2.24) is 19.7 Å². The molecule has 2 saturated carbocycles. The van der Waals surface area contributed by atoms with Crippen molar-refractivity contribution in [1.29, 1.82) is 0 Å². The standard InChI is InChI=1S/C16H24N4O2/c21-14(11-4-2-1-3-5-11)16(22)19-8-9-20-13(10-19)17-18-15(20)12-6-7-12/h11-12,14,21H,1-10H2. The van der Waals surface area contributed by atoms with Gasteiger partial charge in [-0.1, -0.05) is 19.3 Å². The van der Waals surface area contributed by atoms with Crippen LogP contribution < -0.4 is 0 Å². The summed E-state index contributed by atoms with van der Waals surface area (Å²) in [6.45, 7) is 1.91. The van der Waals surface area contributed by atoms with Crippen molar-refractivity contribution in [3.05, 3.63) is 11.6 Å². The van der Waals surface area contributed by atoms with Crippen molar-refractivity contribution in [2.24, 2.45) is 5.92 Å². The molecule has 0 bridgehead atoms. The minimum Gasteiger partial charge on any atom is -0.383 e. The first-order chi connectivity index (χ1) is 10.7. The lowest BCUT2D eigenvalue weighted by Crippen LogP contribution is -2.46. The van der Waals surface area contributed by atoms with Crippen LogP contribution in [-0.4, -0.2) is 43.3 Å². The third-order valence-electron chi connectivity index (χ3n) is 5.39. The fourth-order valence-corrected chi connectivity index (χ4v) is 3.85. The van der Waals surface area contributed by atoms with Crippen LogP contribution in [0.15, 0.2) is 0 Å². The Hall–Kier alpha value is -1.43. The molecule has 1 aromatic rings. The normalized spacial score (nSPS) is 24.1. The zero-order valence-electron chi connectivity index (χ0n) is 12.9. The van der Waals surface area contributed by atoms with Gasteiger partial charge in [-0.15, -0.1) is 10.2 Å². The van der Waals surface area contributed by atoms with Gasteiger partial charge in [-0.3, -0.25) is 4.79 Å². The molecule has 1 aromatic heterocycles. The van der Waals surface area contributed by atoms with Gasteiger partial charge in [-0.05, 0) is 31.6 Å². The third kappa shape index (κ3) is 2.53. The van der Waals surface area contributed by atoms with Gasteiger partial charge in [0.1, 0.15) is 11.9 Å². The Labute approximate surface area is 130 Å². The van der Waals surface area contributed by atoms with Crippen molar-refractivity contribution in [2.75, 3.05) is 6.54 Å². The molecule has 2 fully saturated rings. The molecule has 0 spiro atoms.